The molecule has 336 valence electrons. The number of fused-ring (bicyclic) bond motifs is 1. The molecule has 2 N–H and O–H groups in total. The third-order valence-electron chi connectivity index (χ3n) is 11.3. The number of benzene rings is 2. The summed E-state index contributed by atoms with van der Waals surface area (Å²) in [5, 5.41) is 4.83. The number of aromatic nitrogens is 1. The lowest BCUT2D eigenvalue weighted by Gasteiger charge is -2.36. The third-order valence-corrected chi connectivity index (χ3v) is 13.9. The van der Waals surface area contributed by atoms with Gasteiger partial charge < -0.3 is 43.7 Å². The minimum Gasteiger partial charge on any atom is -0.497 e. The van der Waals surface area contributed by atoms with Crippen molar-refractivity contribution in [3.05, 3.63) is 67.3 Å². The van der Waals surface area contributed by atoms with Crippen LogP contribution in [-0.4, -0.2) is 96.7 Å². The zero-order chi connectivity index (χ0) is 44.8. The second-order valence-electron chi connectivity index (χ2n) is 17.2. The van der Waals surface area contributed by atoms with Crippen molar-refractivity contribution in [2.24, 2.45) is 11.3 Å². The number of alkyl carbamates (subject to hydrolysis) is 1. The molecule has 0 bridgehead atoms. The molecule has 62 heavy (non-hydrogen) atoms. The highest BCUT2D eigenvalue weighted by atomic mass is 31.2. The zero-order valence-corrected chi connectivity index (χ0v) is 37.4. The number of pyridine rings is 1. The van der Waals surface area contributed by atoms with Crippen LogP contribution < -0.4 is 20.1 Å². The van der Waals surface area contributed by atoms with Gasteiger partial charge in [-0.25, -0.2) is 14.6 Å². The van der Waals surface area contributed by atoms with E-state index in [2.05, 4.69) is 17.2 Å². The van der Waals surface area contributed by atoms with E-state index in [-0.39, 0.29) is 32.1 Å². The molecule has 2 heterocycles. The molecule has 2 aliphatic carbocycles. The minimum atomic E-state index is -4.29. The van der Waals surface area contributed by atoms with Crippen LogP contribution in [0.2, 0.25) is 0 Å². The van der Waals surface area contributed by atoms with Crippen molar-refractivity contribution in [3.8, 4) is 22.8 Å². The summed E-state index contributed by atoms with van der Waals surface area (Å²) in [7, 11) is -2.72. The molecule has 2 saturated carbocycles. The Labute approximate surface area is 362 Å². The van der Waals surface area contributed by atoms with E-state index in [0.29, 0.717) is 28.1 Å². The highest BCUT2D eigenvalue weighted by Crippen LogP contribution is 2.73. The molecule has 0 spiro atoms. The number of rotatable bonds is 17. The molecule has 3 aromatic rings. The normalized spacial score (nSPS) is 22.6. The third kappa shape index (κ3) is 10.5. The second-order valence-corrected chi connectivity index (χ2v) is 19.5. The Balaban J connectivity index is 1.33. The molecule has 2 unspecified atom stereocenters. The molecule has 17 heteroatoms. The predicted molar refractivity (Wildman–Crippen MR) is 230 cm³/mol. The van der Waals surface area contributed by atoms with Crippen LogP contribution in [0.3, 0.4) is 0 Å². The number of amides is 3. The topological polar surface area (TPSA) is 190 Å². The Bertz CT molecular complexity index is 2160. The van der Waals surface area contributed by atoms with Crippen molar-refractivity contribution >= 4 is 42.6 Å². The fourth-order valence-electron chi connectivity index (χ4n) is 8.02. The molecule has 6 atom stereocenters. The monoisotopic (exact) mass is 878 g/mol. The van der Waals surface area contributed by atoms with E-state index in [1.807, 2.05) is 69.3 Å². The Hall–Kier alpha value is -5.18. The number of likely N-dealkylation sites (tertiary alicyclic amines) is 1. The largest absolute Gasteiger partial charge is 0.510 e. The van der Waals surface area contributed by atoms with Crippen molar-refractivity contribution < 1.29 is 56.5 Å². The maximum Gasteiger partial charge on any atom is 0.510 e. The van der Waals surface area contributed by atoms with Gasteiger partial charge in [0.1, 0.15) is 41.1 Å². The summed E-state index contributed by atoms with van der Waals surface area (Å²) in [5.74, 6) is -0.683. The standard InChI is InChI=1S/C45H59N4O12P/c1-9-30-25-45(30,62(54,57-10-2)58-27-56-43(53)59-28(3)4)48-40(50)37-23-33(26-49(37)41(51)39(44(5,6)7)47-42(52)61-31-18-14-15-19-31)60-38-24-35(29-16-12-11-13-17-29)46-36-22-32(55-8)20-21-34(36)38/h9,11-13,16-17,20-22,24,28,30-31,33,37,39H,1,10,14-15,18-19,23,25-27H2,2-8H3,(H,47,52)(H,48,50)/t30-,33-,37?,39-,45+,62?/m1/s1. The lowest BCUT2D eigenvalue weighted by Crippen LogP contribution is -2.58. The van der Waals surface area contributed by atoms with E-state index in [0.717, 1.165) is 31.2 Å². The van der Waals surface area contributed by atoms with Gasteiger partial charge in [-0.2, -0.15) is 0 Å². The van der Waals surface area contributed by atoms with Crippen molar-refractivity contribution in [1.29, 1.82) is 0 Å². The first kappa shape index (κ1) is 46.3. The SMILES string of the molecule is C=C[C@@H]1C[C@]1(NC(=O)C1C[C@@H](Oc2cc(-c3ccccc3)nc3cc(OC)ccc23)CN1C(=O)[C@@H](NC(=O)OC1CCCC1)C(C)(C)C)P(=O)(OCC)OCOC(=O)OC(C)C. The number of hydrogen-bond acceptors (Lipinski definition) is 13. The first-order chi connectivity index (χ1) is 29.5. The molecular weight excluding hydrogens is 819 g/mol. The number of ether oxygens (including phenoxy) is 5. The van der Waals surface area contributed by atoms with Gasteiger partial charge in [0.2, 0.25) is 18.6 Å². The summed E-state index contributed by atoms with van der Waals surface area (Å²) in [6.45, 7) is 13.3. The Morgan fingerprint density at radius 1 is 1.03 bits per heavy atom. The molecule has 3 amide bonds. The number of methoxy groups -OCH3 is 1. The number of carbonyl (C=O) groups is 4. The molecule has 1 aliphatic heterocycles. The van der Waals surface area contributed by atoms with Gasteiger partial charge >= 0.3 is 19.8 Å². The molecule has 0 radical (unpaired) electrons. The minimum absolute atomic E-state index is 0.0143. The lowest BCUT2D eigenvalue weighted by molar-refractivity contribution is -0.142. The van der Waals surface area contributed by atoms with E-state index in [4.69, 9.17) is 37.7 Å². The van der Waals surface area contributed by atoms with Gasteiger partial charge in [0, 0.05) is 35.4 Å². The molecule has 16 nitrogen and oxygen atoms in total. The van der Waals surface area contributed by atoms with E-state index < -0.39 is 79.4 Å². The smallest absolute Gasteiger partial charge is 0.497 e. The van der Waals surface area contributed by atoms with Crippen LogP contribution >= 0.6 is 7.60 Å². The van der Waals surface area contributed by atoms with Gasteiger partial charge in [0.25, 0.3) is 0 Å². The second kappa shape index (κ2) is 19.5. The van der Waals surface area contributed by atoms with Crippen LogP contribution in [0.25, 0.3) is 22.2 Å². The summed E-state index contributed by atoms with van der Waals surface area (Å²) in [4.78, 5) is 61.4. The van der Waals surface area contributed by atoms with E-state index in [1.54, 1.807) is 33.9 Å². The number of hydrogen-bond donors (Lipinski definition) is 2. The maximum atomic E-state index is 14.9. The van der Waals surface area contributed by atoms with Gasteiger partial charge in [-0.15, -0.1) is 6.58 Å². The van der Waals surface area contributed by atoms with Gasteiger partial charge in [-0.05, 0) is 70.4 Å². The van der Waals surface area contributed by atoms with Crippen LogP contribution in [-0.2, 0) is 37.4 Å². The summed E-state index contributed by atoms with van der Waals surface area (Å²) < 4.78 is 54.0. The molecule has 3 aliphatic rings. The molecule has 2 aromatic carbocycles. The zero-order valence-electron chi connectivity index (χ0n) is 36.5. The first-order valence-corrected chi connectivity index (χ1v) is 22.7. The number of carbonyl (C=O) groups excluding carboxylic acids is 4. The highest BCUT2D eigenvalue weighted by molar-refractivity contribution is 7.56. The van der Waals surface area contributed by atoms with Crippen molar-refractivity contribution in [2.45, 2.75) is 116 Å². The van der Waals surface area contributed by atoms with Gasteiger partial charge in [0.15, 0.2) is 0 Å². The van der Waals surface area contributed by atoms with E-state index in [1.165, 1.54) is 11.0 Å². The molecule has 1 saturated heterocycles. The molecule has 6 rings (SSSR count). The summed E-state index contributed by atoms with van der Waals surface area (Å²) >= 11 is 0. The number of nitrogens with one attached hydrogen (secondary N) is 2. The van der Waals surface area contributed by atoms with Crippen molar-refractivity contribution in [3.63, 3.8) is 0 Å². The van der Waals surface area contributed by atoms with Crippen molar-refractivity contribution in [2.75, 3.05) is 27.1 Å². The molecular formula is C45H59N4O12P. The Morgan fingerprint density at radius 3 is 2.39 bits per heavy atom. The predicted octanol–water partition coefficient (Wildman–Crippen LogP) is 8.13. The van der Waals surface area contributed by atoms with Gasteiger partial charge in [0.05, 0.1) is 37.6 Å². The maximum absolute atomic E-state index is 14.9. The fraction of sp³-hybridized carbons (Fsp3) is 0.533. The van der Waals surface area contributed by atoms with Crippen LogP contribution in [0.5, 0.6) is 11.5 Å². The van der Waals surface area contributed by atoms with Crippen molar-refractivity contribution in [1.82, 2.24) is 20.5 Å². The Kier molecular flexibility index (Phi) is 14.5. The summed E-state index contributed by atoms with van der Waals surface area (Å²) in [5.41, 5.74) is 1.27. The summed E-state index contributed by atoms with van der Waals surface area (Å²) in [6, 6.07) is 14.6. The van der Waals surface area contributed by atoms with Crippen LogP contribution in [0.4, 0.5) is 9.59 Å². The average molecular weight is 879 g/mol. The number of nitrogens with zero attached hydrogens (tertiary/aromatic N) is 2. The van der Waals surface area contributed by atoms with Crippen LogP contribution in [0.1, 0.15) is 80.1 Å². The Morgan fingerprint density at radius 2 is 1.76 bits per heavy atom. The summed E-state index contributed by atoms with van der Waals surface area (Å²) in [6.07, 6.45) is 1.87. The van der Waals surface area contributed by atoms with Gasteiger partial charge in [-0.3, -0.25) is 18.7 Å². The van der Waals surface area contributed by atoms with E-state index in [9.17, 15) is 23.7 Å². The molecule has 1 aromatic heterocycles. The average Bonchev–Trinajstić information content (AvgIpc) is 3.48. The first-order valence-electron chi connectivity index (χ1n) is 21.2. The molecule has 3 fully saturated rings. The lowest BCUT2D eigenvalue weighted by atomic mass is 9.85. The van der Waals surface area contributed by atoms with E-state index >= 15 is 0 Å². The highest BCUT2D eigenvalue weighted by Gasteiger charge is 2.69. The van der Waals surface area contributed by atoms with Crippen LogP contribution in [0, 0.1) is 11.3 Å². The van der Waals surface area contributed by atoms with Crippen LogP contribution in [0.15, 0.2) is 67.3 Å². The fourth-order valence-corrected chi connectivity index (χ4v) is 10.3. The quantitative estimate of drug-likeness (QED) is 0.0573. The van der Waals surface area contributed by atoms with Gasteiger partial charge in [-0.1, -0.05) is 57.2 Å².